The largest absolute Gasteiger partial charge is 0.351 e. The standard InChI is InChI=1S/C22H21N5O/c1-2-14-27(16-18-10-8-17(15-23)9-11-18)21-13-12-20(25-26-21)22(28)24-19-6-4-3-5-7-19/h3-13H,2,14,16H2,1H3,(H,24,28). The second-order valence-corrected chi connectivity index (χ2v) is 6.33. The van der Waals surface area contributed by atoms with Crippen LogP contribution in [0.3, 0.4) is 0 Å². The summed E-state index contributed by atoms with van der Waals surface area (Å²) in [6, 6.07) is 22.4. The fourth-order valence-electron chi connectivity index (χ4n) is 2.78. The molecule has 0 radical (unpaired) electrons. The average Bonchev–Trinajstić information content (AvgIpc) is 2.75. The lowest BCUT2D eigenvalue weighted by Gasteiger charge is -2.22. The number of hydrogen-bond acceptors (Lipinski definition) is 5. The molecule has 0 spiro atoms. The number of aromatic nitrogens is 2. The minimum absolute atomic E-state index is 0.266. The lowest BCUT2D eigenvalue weighted by Crippen LogP contribution is -2.25. The molecule has 6 nitrogen and oxygen atoms in total. The summed E-state index contributed by atoms with van der Waals surface area (Å²) in [5, 5.41) is 20.1. The van der Waals surface area contributed by atoms with E-state index >= 15 is 0 Å². The van der Waals surface area contributed by atoms with Crippen LogP contribution in [0.4, 0.5) is 11.5 Å². The van der Waals surface area contributed by atoms with E-state index in [2.05, 4.69) is 33.4 Å². The number of anilines is 2. The molecule has 1 amide bonds. The predicted octanol–water partition coefficient (Wildman–Crippen LogP) is 4.02. The van der Waals surface area contributed by atoms with Gasteiger partial charge in [-0.25, -0.2) is 0 Å². The molecule has 0 atom stereocenters. The van der Waals surface area contributed by atoms with E-state index in [9.17, 15) is 4.79 Å². The summed E-state index contributed by atoms with van der Waals surface area (Å²) in [7, 11) is 0. The smallest absolute Gasteiger partial charge is 0.276 e. The molecule has 3 rings (SSSR count). The summed E-state index contributed by atoms with van der Waals surface area (Å²) in [5.41, 5.74) is 2.70. The highest BCUT2D eigenvalue weighted by atomic mass is 16.1. The van der Waals surface area contributed by atoms with Crippen LogP contribution in [0.1, 0.15) is 35.0 Å². The Balaban J connectivity index is 1.71. The molecule has 0 unspecified atom stereocenters. The van der Waals surface area contributed by atoms with Crippen LogP contribution in [0.15, 0.2) is 66.7 Å². The highest BCUT2D eigenvalue weighted by Crippen LogP contribution is 2.16. The number of carbonyl (C=O) groups excluding carboxylic acids is 1. The lowest BCUT2D eigenvalue weighted by atomic mass is 10.1. The molecular weight excluding hydrogens is 350 g/mol. The van der Waals surface area contributed by atoms with Crippen LogP contribution < -0.4 is 10.2 Å². The van der Waals surface area contributed by atoms with Crippen LogP contribution in [0.5, 0.6) is 0 Å². The Labute approximate surface area is 164 Å². The molecule has 1 heterocycles. The zero-order valence-electron chi connectivity index (χ0n) is 15.7. The van der Waals surface area contributed by atoms with Crippen molar-refractivity contribution in [1.82, 2.24) is 10.2 Å². The van der Waals surface area contributed by atoms with E-state index in [1.165, 1.54) is 0 Å². The molecule has 2 aromatic carbocycles. The maximum Gasteiger partial charge on any atom is 0.276 e. The lowest BCUT2D eigenvalue weighted by molar-refractivity contribution is 0.102. The molecular formula is C22H21N5O. The van der Waals surface area contributed by atoms with E-state index in [1.807, 2.05) is 60.7 Å². The van der Waals surface area contributed by atoms with Crippen molar-refractivity contribution in [2.45, 2.75) is 19.9 Å². The van der Waals surface area contributed by atoms with Gasteiger partial charge in [0.25, 0.3) is 5.91 Å². The number of amides is 1. The maximum absolute atomic E-state index is 12.3. The van der Waals surface area contributed by atoms with Gasteiger partial charge in [-0.15, -0.1) is 10.2 Å². The molecule has 0 saturated heterocycles. The number of hydrogen-bond donors (Lipinski definition) is 1. The zero-order chi connectivity index (χ0) is 19.8. The van der Waals surface area contributed by atoms with Crippen LogP contribution in [-0.4, -0.2) is 22.6 Å². The summed E-state index contributed by atoms with van der Waals surface area (Å²) < 4.78 is 0. The van der Waals surface area contributed by atoms with Crippen molar-refractivity contribution in [3.05, 3.63) is 83.6 Å². The first kappa shape index (κ1) is 19.1. The van der Waals surface area contributed by atoms with Crippen LogP contribution in [0.2, 0.25) is 0 Å². The Hall–Kier alpha value is -3.72. The average molecular weight is 371 g/mol. The number of rotatable bonds is 7. The molecule has 0 aliphatic heterocycles. The normalized spacial score (nSPS) is 10.1. The summed E-state index contributed by atoms with van der Waals surface area (Å²) in [5.74, 6) is 0.418. The highest BCUT2D eigenvalue weighted by Gasteiger charge is 2.12. The Morgan fingerprint density at radius 1 is 1.04 bits per heavy atom. The van der Waals surface area contributed by atoms with Gasteiger partial charge in [0.2, 0.25) is 0 Å². The molecule has 28 heavy (non-hydrogen) atoms. The van der Waals surface area contributed by atoms with Gasteiger partial charge < -0.3 is 10.2 Å². The fourth-order valence-corrected chi connectivity index (χ4v) is 2.78. The van der Waals surface area contributed by atoms with Crippen LogP contribution in [0.25, 0.3) is 0 Å². The Morgan fingerprint density at radius 2 is 1.79 bits per heavy atom. The molecule has 0 aliphatic rings. The Morgan fingerprint density at radius 3 is 2.39 bits per heavy atom. The topological polar surface area (TPSA) is 81.9 Å². The highest BCUT2D eigenvalue weighted by molar-refractivity contribution is 6.02. The van der Waals surface area contributed by atoms with Gasteiger partial charge in [-0.3, -0.25) is 4.79 Å². The monoisotopic (exact) mass is 371 g/mol. The number of benzene rings is 2. The molecule has 0 bridgehead atoms. The van der Waals surface area contributed by atoms with Gasteiger partial charge in [-0.1, -0.05) is 37.3 Å². The van der Waals surface area contributed by atoms with E-state index in [-0.39, 0.29) is 11.6 Å². The van der Waals surface area contributed by atoms with Crippen molar-refractivity contribution in [3.63, 3.8) is 0 Å². The number of carbonyl (C=O) groups is 1. The van der Waals surface area contributed by atoms with Gasteiger partial charge in [-0.2, -0.15) is 5.26 Å². The first-order chi connectivity index (χ1) is 13.7. The van der Waals surface area contributed by atoms with Gasteiger partial charge in [0, 0.05) is 18.8 Å². The van der Waals surface area contributed by atoms with Crippen LogP contribution in [0, 0.1) is 11.3 Å². The van der Waals surface area contributed by atoms with Crippen molar-refractivity contribution in [3.8, 4) is 6.07 Å². The molecule has 0 aliphatic carbocycles. The summed E-state index contributed by atoms with van der Waals surface area (Å²) in [6.07, 6.45) is 0.953. The maximum atomic E-state index is 12.3. The number of para-hydroxylation sites is 1. The van der Waals surface area contributed by atoms with Crippen molar-refractivity contribution in [1.29, 1.82) is 5.26 Å². The zero-order valence-corrected chi connectivity index (χ0v) is 15.7. The predicted molar refractivity (Wildman–Crippen MR) is 109 cm³/mol. The van der Waals surface area contributed by atoms with Crippen molar-refractivity contribution >= 4 is 17.4 Å². The van der Waals surface area contributed by atoms with Gasteiger partial charge in [0.15, 0.2) is 11.5 Å². The number of nitriles is 1. The number of nitrogens with zero attached hydrogens (tertiary/aromatic N) is 4. The molecule has 6 heteroatoms. The Bertz CT molecular complexity index is 947. The van der Waals surface area contributed by atoms with E-state index < -0.39 is 0 Å². The number of nitrogens with one attached hydrogen (secondary N) is 1. The molecule has 1 aromatic heterocycles. The minimum atomic E-state index is -0.292. The van der Waals surface area contributed by atoms with Gasteiger partial charge >= 0.3 is 0 Å². The van der Waals surface area contributed by atoms with Crippen molar-refractivity contribution in [2.75, 3.05) is 16.8 Å². The summed E-state index contributed by atoms with van der Waals surface area (Å²) in [4.78, 5) is 14.4. The van der Waals surface area contributed by atoms with Crippen molar-refractivity contribution in [2.24, 2.45) is 0 Å². The van der Waals surface area contributed by atoms with E-state index in [0.29, 0.717) is 23.6 Å². The SMILES string of the molecule is CCCN(Cc1ccc(C#N)cc1)c1ccc(C(=O)Nc2ccccc2)nn1. The third-order valence-corrected chi connectivity index (χ3v) is 4.19. The first-order valence-corrected chi connectivity index (χ1v) is 9.13. The third kappa shape index (κ3) is 4.92. The second kappa shape index (κ2) is 9.28. The van der Waals surface area contributed by atoms with Crippen LogP contribution in [-0.2, 0) is 6.54 Å². The van der Waals surface area contributed by atoms with E-state index in [4.69, 9.17) is 5.26 Å². The quantitative estimate of drug-likeness (QED) is 0.678. The van der Waals surface area contributed by atoms with Gasteiger partial charge in [0.05, 0.1) is 11.6 Å². The molecule has 140 valence electrons. The summed E-state index contributed by atoms with van der Waals surface area (Å²) >= 11 is 0. The summed E-state index contributed by atoms with van der Waals surface area (Å²) in [6.45, 7) is 3.56. The minimum Gasteiger partial charge on any atom is -0.351 e. The Kier molecular flexibility index (Phi) is 6.32. The van der Waals surface area contributed by atoms with Crippen molar-refractivity contribution < 1.29 is 4.79 Å². The van der Waals surface area contributed by atoms with Crippen LogP contribution >= 0.6 is 0 Å². The molecule has 1 N–H and O–H groups in total. The molecule has 0 fully saturated rings. The fraction of sp³-hybridized carbons (Fsp3) is 0.182. The molecule has 0 saturated carbocycles. The van der Waals surface area contributed by atoms with E-state index in [1.54, 1.807) is 6.07 Å². The van der Waals surface area contributed by atoms with Gasteiger partial charge in [-0.05, 0) is 48.4 Å². The van der Waals surface area contributed by atoms with E-state index in [0.717, 1.165) is 18.5 Å². The third-order valence-electron chi connectivity index (χ3n) is 4.19. The first-order valence-electron chi connectivity index (χ1n) is 9.13. The second-order valence-electron chi connectivity index (χ2n) is 6.33. The van der Waals surface area contributed by atoms with Gasteiger partial charge in [0.1, 0.15) is 0 Å². The molecule has 3 aromatic rings.